The van der Waals surface area contributed by atoms with Gasteiger partial charge in [-0.3, -0.25) is 4.79 Å². The summed E-state index contributed by atoms with van der Waals surface area (Å²) in [7, 11) is 0. The Hall–Kier alpha value is -0.530. The molecule has 0 unspecified atom stereocenters. The van der Waals surface area contributed by atoms with Crippen LogP contribution >= 0.6 is 0 Å². The van der Waals surface area contributed by atoms with Gasteiger partial charge in [-0.2, -0.15) is 0 Å². The van der Waals surface area contributed by atoms with Gasteiger partial charge in [-0.05, 0) is 30.6 Å². The fourth-order valence-electron chi connectivity index (χ4n) is 2.70. The van der Waals surface area contributed by atoms with Crippen molar-refractivity contribution in [2.45, 2.75) is 65.2 Å². The second kappa shape index (κ2) is 6.93. The summed E-state index contributed by atoms with van der Waals surface area (Å²) in [6, 6.07) is 0. The van der Waals surface area contributed by atoms with E-state index in [1.807, 2.05) is 0 Å². The van der Waals surface area contributed by atoms with Gasteiger partial charge in [0.15, 0.2) is 0 Å². The molecule has 0 aromatic heterocycles. The number of hydrogen-bond donors (Lipinski definition) is 1. The average Bonchev–Trinajstić information content (AvgIpc) is 2.27. The molecule has 1 N–H and O–H groups in total. The third kappa shape index (κ3) is 5.00. The van der Waals surface area contributed by atoms with E-state index in [2.05, 4.69) is 13.8 Å². The first-order chi connectivity index (χ1) is 7.61. The van der Waals surface area contributed by atoms with Crippen LogP contribution in [0.4, 0.5) is 0 Å². The van der Waals surface area contributed by atoms with Gasteiger partial charge in [0.2, 0.25) is 0 Å². The lowest BCUT2D eigenvalue weighted by atomic mass is 9.78. The normalized spacial score (nSPS) is 27.6. The summed E-state index contributed by atoms with van der Waals surface area (Å²) in [5, 5.41) is 8.74. The van der Waals surface area contributed by atoms with Gasteiger partial charge in [0.1, 0.15) is 0 Å². The number of carboxylic acid groups (broad SMARTS) is 1. The summed E-state index contributed by atoms with van der Waals surface area (Å²) in [6.45, 7) is 4.59. The molecule has 0 heterocycles. The van der Waals surface area contributed by atoms with Gasteiger partial charge in [-0.25, -0.2) is 0 Å². The Kier molecular flexibility index (Phi) is 5.86. The van der Waals surface area contributed by atoms with Crippen LogP contribution in [0.25, 0.3) is 0 Å². The molecule has 1 atom stereocenters. The molecule has 94 valence electrons. The Morgan fingerprint density at radius 1 is 1.25 bits per heavy atom. The summed E-state index contributed by atoms with van der Waals surface area (Å²) in [4.78, 5) is 10.6. The van der Waals surface area contributed by atoms with E-state index in [9.17, 15) is 4.79 Å². The number of aliphatic carboxylic acids is 1. The molecule has 2 nitrogen and oxygen atoms in total. The summed E-state index contributed by atoms with van der Waals surface area (Å²) in [5.41, 5.74) is 0. The van der Waals surface area contributed by atoms with Crippen LogP contribution in [0.5, 0.6) is 0 Å². The van der Waals surface area contributed by atoms with E-state index >= 15 is 0 Å². The largest absolute Gasteiger partial charge is 0.481 e. The first kappa shape index (κ1) is 13.5. The Bertz CT molecular complexity index is 205. The van der Waals surface area contributed by atoms with Gasteiger partial charge in [-0.15, -0.1) is 0 Å². The van der Waals surface area contributed by atoms with Crippen molar-refractivity contribution in [3.05, 3.63) is 0 Å². The van der Waals surface area contributed by atoms with Crippen LogP contribution < -0.4 is 0 Å². The maximum atomic E-state index is 10.6. The number of hydrogen-bond acceptors (Lipinski definition) is 1. The second-order valence-electron chi connectivity index (χ2n) is 5.58. The van der Waals surface area contributed by atoms with Crippen molar-refractivity contribution in [2.24, 2.45) is 17.8 Å². The number of carboxylic acids is 1. The van der Waals surface area contributed by atoms with Crippen molar-refractivity contribution in [1.82, 2.24) is 0 Å². The van der Waals surface area contributed by atoms with Crippen molar-refractivity contribution < 1.29 is 9.90 Å². The first-order valence-corrected chi connectivity index (χ1v) is 6.83. The molecule has 0 aliphatic heterocycles. The predicted molar refractivity (Wildman–Crippen MR) is 66.4 cm³/mol. The zero-order valence-electron chi connectivity index (χ0n) is 10.7. The van der Waals surface area contributed by atoms with E-state index in [1.54, 1.807) is 0 Å². The lowest BCUT2D eigenvalue weighted by molar-refractivity contribution is -0.138. The lowest BCUT2D eigenvalue weighted by Crippen LogP contribution is -2.17. The Balaban J connectivity index is 2.14. The molecule has 1 aliphatic rings. The highest BCUT2D eigenvalue weighted by atomic mass is 16.4. The first-order valence-electron chi connectivity index (χ1n) is 6.83. The maximum Gasteiger partial charge on any atom is 0.303 e. The smallest absolute Gasteiger partial charge is 0.303 e. The molecule has 0 spiro atoms. The molecule has 0 aromatic carbocycles. The number of rotatable bonds is 6. The molecule has 0 bridgehead atoms. The third-order valence-corrected chi connectivity index (χ3v) is 4.19. The van der Waals surface area contributed by atoms with Crippen LogP contribution in [-0.2, 0) is 4.79 Å². The minimum absolute atomic E-state index is 0.387. The quantitative estimate of drug-likeness (QED) is 0.740. The molecular weight excluding hydrogens is 200 g/mol. The Morgan fingerprint density at radius 3 is 2.31 bits per heavy atom. The topological polar surface area (TPSA) is 37.3 Å². The molecule has 1 saturated carbocycles. The van der Waals surface area contributed by atoms with Gasteiger partial charge in [-0.1, -0.05) is 46.0 Å². The lowest BCUT2D eigenvalue weighted by Gasteiger charge is -2.28. The van der Waals surface area contributed by atoms with E-state index < -0.39 is 5.97 Å². The molecule has 0 amide bonds. The minimum Gasteiger partial charge on any atom is -0.481 e. The number of carbonyl (C=O) groups is 1. The molecular formula is C14H26O2. The van der Waals surface area contributed by atoms with Gasteiger partial charge in [0, 0.05) is 6.42 Å². The molecule has 0 saturated heterocycles. The van der Waals surface area contributed by atoms with E-state index in [0.717, 1.165) is 24.7 Å². The van der Waals surface area contributed by atoms with Crippen molar-refractivity contribution in [3.63, 3.8) is 0 Å². The summed E-state index contributed by atoms with van der Waals surface area (Å²) in [6.07, 6.45) is 9.17. The summed E-state index contributed by atoms with van der Waals surface area (Å²) < 4.78 is 0. The molecule has 1 rings (SSSR count). The van der Waals surface area contributed by atoms with Crippen LogP contribution in [0.3, 0.4) is 0 Å². The van der Waals surface area contributed by atoms with Crippen LogP contribution in [0.1, 0.15) is 65.2 Å². The highest BCUT2D eigenvalue weighted by molar-refractivity contribution is 5.67. The van der Waals surface area contributed by atoms with Crippen molar-refractivity contribution in [3.8, 4) is 0 Å². The van der Waals surface area contributed by atoms with E-state index in [-0.39, 0.29) is 0 Å². The molecule has 1 aliphatic carbocycles. The SMILES string of the molecule is CC[C@@H](C)CCC1CCC(CC(=O)O)CC1. The average molecular weight is 226 g/mol. The molecule has 2 heteroatoms. The van der Waals surface area contributed by atoms with Crippen LogP contribution in [0.15, 0.2) is 0 Å². The highest BCUT2D eigenvalue weighted by Crippen LogP contribution is 2.34. The fourth-order valence-corrected chi connectivity index (χ4v) is 2.70. The van der Waals surface area contributed by atoms with Crippen molar-refractivity contribution >= 4 is 5.97 Å². The Labute approximate surface area is 99.4 Å². The van der Waals surface area contributed by atoms with Gasteiger partial charge in [0.25, 0.3) is 0 Å². The van der Waals surface area contributed by atoms with Crippen LogP contribution in [-0.4, -0.2) is 11.1 Å². The van der Waals surface area contributed by atoms with Gasteiger partial charge < -0.3 is 5.11 Å². The third-order valence-electron chi connectivity index (χ3n) is 4.19. The maximum absolute atomic E-state index is 10.6. The zero-order valence-corrected chi connectivity index (χ0v) is 10.7. The van der Waals surface area contributed by atoms with Gasteiger partial charge >= 0.3 is 5.97 Å². The summed E-state index contributed by atoms with van der Waals surface area (Å²) in [5.74, 6) is 1.57. The van der Waals surface area contributed by atoms with Crippen LogP contribution in [0.2, 0.25) is 0 Å². The van der Waals surface area contributed by atoms with Crippen molar-refractivity contribution in [2.75, 3.05) is 0 Å². The second-order valence-corrected chi connectivity index (χ2v) is 5.58. The molecule has 16 heavy (non-hydrogen) atoms. The van der Waals surface area contributed by atoms with E-state index in [0.29, 0.717) is 12.3 Å². The van der Waals surface area contributed by atoms with Crippen molar-refractivity contribution in [1.29, 1.82) is 0 Å². The monoisotopic (exact) mass is 226 g/mol. The van der Waals surface area contributed by atoms with E-state index in [1.165, 1.54) is 32.1 Å². The predicted octanol–water partition coefficient (Wildman–Crippen LogP) is 4.09. The summed E-state index contributed by atoms with van der Waals surface area (Å²) >= 11 is 0. The van der Waals surface area contributed by atoms with Crippen LogP contribution in [0, 0.1) is 17.8 Å². The van der Waals surface area contributed by atoms with Gasteiger partial charge in [0.05, 0.1) is 0 Å². The molecule has 1 fully saturated rings. The minimum atomic E-state index is -0.622. The standard InChI is InChI=1S/C14H26O2/c1-3-11(2)4-5-12-6-8-13(9-7-12)10-14(15)16/h11-13H,3-10H2,1-2H3,(H,15,16)/t11-,12?,13?/m1/s1. The Morgan fingerprint density at radius 2 is 1.81 bits per heavy atom. The molecule has 0 radical (unpaired) electrons. The fraction of sp³-hybridized carbons (Fsp3) is 0.929. The molecule has 0 aromatic rings. The van der Waals surface area contributed by atoms with E-state index in [4.69, 9.17) is 5.11 Å². The highest BCUT2D eigenvalue weighted by Gasteiger charge is 2.22. The zero-order chi connectivity index (χ0) is 12.0.